The van der Waals surface area contributed by atoms with Crippen LogP contribution in [-0.4, -0.2) is 20.5 Å². The van der Waals surface area contributed by atoms with Gasteiger partial charge in [-0.15, -0.1) is 0 Å². The lowest BCUT2D eigenvalue weighted by Gasteiger charge is -2.30. The molecule has 0 unspecified atom stereocenters. The number of hydrogen-bond donors (Lipinski definition) is 2. The summed E-state index contributed by atoms with van der Waals surface area (Å²) in [7, 11) is -3.64. The minimum atomic E-state index is -3.64. The van der Waals surface area contributed by atoms with E-state index in [1.807, 2.05) is 13.8 Å². The summed E-state index contributed by atoms with van der Waals surface area (Å²) < 4.78 is 40.5. The molecular weight excluding hydrogens is 279 g/mol. The summed E-state index contributed by atoms with van der Waals surface area (Å²) in [5.74, 6) is -0.594. The summed E-state index contributed by atoms with van der Waals surface area (Å²) in [6.45, 7) is 5.96. The molecule has 0 radical (unpaired) electrons. The van der Waals surface area contributed by atoms with Crippen LogP contribution in [0.5, 0.6) is 0 Å². The van der Waals surface area contributed by atoms with E-state index >= 15 is 0 Å². The molecule has 1 aromatic carbocycles. The first-order valence-corrected chi connectivity index (χ1v) is 8.28. The van der Waals surface area contributed by atoms with Crippen LogP contribution in [0.2, 0.25) is 0 Å². The molecule has 3 N–H and O–H groups in total. The zero-order valence-electron chi connectivity index (χ0n) is 12.2. The van der Waals surface area contributed by atoms with Crippen LogP contribution in [0.25, 0.3) is 0 Å². The Morgan fingerprint density at radius 2 is 1.95 bits per heavy atom. The second kappa shape index (κ2) is 6.65. The average molecular weight is 302 g/mol. The molecule has 4 nitrogen and oxygen atoms in total. The van der Waals surface area contributed by atoms with Crippen molar-refractivity contribution in [2.45, 2.75) is 38.5 Å². The van der Waals surface area contributed by atoms with Gasteiger partial charge in [-0.25, -0.2) is 17.5 Å². The third-order valence-electron chi connectivity index (χ3n) is 3.01. The van der Waals surface area contributed by atoms with Gasteiger partial charge in [0.1, 0.15) is 5.82 Å². The summed E-state index contributed by atoms with van der Waals surface area (Å²) in [5.41, 5.74) is 5.13. The van der Waals surface area contributed by atoms with Crippen LogP contribution in [0.15, 0.2) is 24.3 Å². The predicted octanol–water partition coefficient (Wildman–Crippen LogP) is 2.01. The molecule has 0 saturated carbocycles. The Morgan fingerprint density at radius 1 is 1.35 bits per heavy atom. The van der Waals surface area contributed by atoms with E-state index in [2.05, 4.69) is 4.72 Å². The lowest BCUT2D eigenvalue weighted by Crippen LogP contribution is -2.52. The molecule has 0 fully saturated rings. The van der Waals surface area contributed by atoms with Crippen LogP contribution in [0.1, 0.15) is 32.8 Å². The number of nitrogens with one attached hydrogen (secondary N) is 1. The SMILES string of the molecule is CC(C)C[C@@](C)(CN)NS(=O)(=O)Cc1ccccc1F. The highest BCUT2D eigenvalue weighted by molar-refractivity contribution is 7.88. The van der Waals surface area contributed by atoms with Gasteiger partial charge in [-0.05, 0) is 25.3 Å². The van der Waals surface area contributed by atoms with Crippen molar-refractivity contribution in [1.29, 1.82) is 0 Å². The molecule has 0 aliphatic rings. The first-order chi connectivity index (χ1) is 9.17. The van der Waals surface area contributed by atoms with Gasteiger partial charge in [0.15, 0.2) is 0 Å². The Kier molecular flexibility index (Phi) is 5.68. The van der Waals surface area contributed by atoms with Crippen LogP contribution in [0.4, 0.5) is 4.39 Å². The lowest BCUT2D eigenvalue weighted by atomic mass is 9.92. The average Bonchev–Trinajstić information content (AvgIpc) is 2.30. The van der Waals surface area contributed by atoms with E-state index in [1.54, 1.807) is 13.0 Å². The molecule has 1 aromatic rings. The quantitative estimate of drug-likeness (QED) is 0.809. The summed E-state index contributed by atoms with van der Waals surface area (Å²) in [6.07, 6.45) is 0.625. The topological polar surface area (TPSA) is 72.2 Å². The maximum Gasteiger partial charge on any atom is 0.216 e. The highest BCUT2D eigenvalue weighted by atomic mass is 32.2. The number of sulfonamides is 1. The van der Waals surface area contributed by atoms with Crippen LogP contribution in [0.3, 0.4) is 0 Å². The van der Waals surface area contributed by atoms with Crippen molar-refractivity contribution in [3.8, 4) is 0 Å². The van der Waals surface area contributed by atoms with Gasteiger partial charge in [0.2, 0.25) is 10.0 Å². The molecule has 114 valence electrons. The zero-order chi connectivity index (χ0) is 15.4. The van der Waals surface area contributed by atoms with Gasteiger partial charge >= 0.3 is 0 Å². The number of rotatable bonds is 7. The molecule has 1 rings (SSSR count). The Labute approximate surface area is 120 Å². The van der Waals surface area contributed by atoms with Crippen LogP contribution in [0, 0.1) is 11.7 Å². The minimum Gasteiger partial charge on any atom is -0.329 e. The van der Waals surface area contributed by atoms with Crippen molar-refractivity contribution in [3.05, 3.63) is 35.6 Å². The van der Waals surface area contributed by atoms with Crippen molar-refractivity contribution >= 4 is 10.0 Å². The molecule has 0 aromatic heterocycles. The molecule has 0 bridgehead atoms. The number of hydrogen-bond acceptors (Lipinski definition) is 3. The first-order valence-electron chi connectivity index (χ1n) is 6.62. The maximum absolute atomic E-state index is 13.5. The van der Waals surface area contributed by atoms with Gasteiger partial charge in [0.25, 0.3) is 0 Å². The molecule has 0 aliphatic heterocycles. The summed E-state index contributed by atoms with van der Waals surface area (Å²) in [6, 6.07) is 5.86. The minimum absolute atomic E-state index is 0.156. The van der Waals surface area contributed by atoms with Crippen molar-refractivity contribution in [2.24, 2.45) is 11.7 Å². The van der Waals surface area contributed by atoms with E-state index in [4.69, 9.17) is 5.73 Å². The Bertz CT molecular complexity index is 546. The van der Waals surface area contributed by atoms with E-state index in [9.17, 15) is 12.8 Å². The molecule has 6 heteroatoms. The largest absolute Gasteiger partial charge is 0.329 e. The molecule has 0 aliphatic carbocycles. The number of halogens is 1. The van der Waals surface area contributed by atoms with E-state index in [0.29, 0.717) is 12.3 Å². The molecule has 0 spiro atoms. The lowest BCUT2D eigenvalue weighted by molar-refractivity contribution is 0.344. The highest BCUT2D eigenvalue weighted by Crippen LogP contribution is 2.18. The van der Waals surface area contributed by atoms with Crippen LogP contribution < -0.4 is 10.5 Å². The number of nitrogens with two attached hydrogens (primary N) is 1. The fourth-order valence-electron chi connectivity index (χ4n) is 2.30. The van der Waals surface area contributed by atoms with Gasteiger partial charge in [-0.1, -0.05) is 32.0 Å². The zero-order valence-corrected chi connectivity index (χ0v) is 13.0. The van der Waals surface area contributed by atoms with Crippen molar-refractivity contribution in [3.63, 3.8) is 0 Å². The smallest absolute Gasteiger partial charge is 0.216 e. The molecule has 0 amide bonds. The van der Waals surface area contributed by atoms with Gasteiger partial charge in [-0.2, -0.15) is 0 Å². The van der Waals surface area contributed by atoms with Crippen molar-refractivity contribution < 1.29 is 12.8 Å². The fourth-order valence-corrected chi connectivity index (χ4v) is 3.93. The molecular formula is C14H23FN2O2S. The Hall–Kier alpha value is -0.980. The normalized spacial score (nSPS) is 15.3. The van der Waals surface area contributed by atoms with E-state index in [-0.39, 0.29) is 17.9 Å². The van der Waals surface area contributed by atoms with Gasteiger partial charge in [-0.3, -0.25) is 0 Å². The number of benzene rings is 1. The Balaban J connectivity index is 2.87. The van der Waals surface area contributed by atoms with E-state index in [1.165, 1.54) is 18.2 Å². The molecule has 0 heterocycles. The van der Waals surface area contributed by atoms with Gasteiger partial charge in [0.05, 0.1) is 5.75 Å². The third kappa shape index (κ3) is 5.19. The van der Waals surface area contributed by atoms with Crippen molar-refractivity contribution in [1.82, 2.24) is 4.72 Å². The van der Waals surface area contributed by atoms with Crippen LogP contribution in [-0.2, 0) is 15.8 Å². The molecule has 1 atom stereocenters. The second-order valence-corrected chi connectivity index (χ2v) is 7.54. The van der Waals surface area contributed by atoms with E-state index in [0.717, 1.165) is 0 Å². The summed E-state index contributed by atoms with van der Waals surface area (Å²) in [5, 5.41) is 0. The van der Waals surface area contributed by atoms with E-state index < -0.39 is 21.4 Å². The monoisotopic (exact) mass is 302 g/mol. The predicted molar refractivity (Wildman–Crippen MR) is 79.1 cm³/mol. The maximum atomic E-state index is 13.5. The fraction of sp³-hybridized carbons (Fsp3) is 0.571. The van der Waals surface area contributed by atoms with Gasteiger partial charge < -0.3 is 5.73 Å². The van der Waals surface area contributed by atoms with Crippen molar-refractivity contribution in [2.75, 3.05) is 6.54 Å². The summed E-state index contributed by atoms with van der Waals surface area (Å²) in [4.78, 5) is 0. The van der Waals surface area contributed by atoms with Gasteiger partial charge in [0, 0.05) is 17.6 Å². The third-order valence-corrected chi connectivity index (χ3v) is 4.51. The molecule has 0 saturated heterocycles. The Morgan fingerprint density at radius 3 is 2.45 bits per heavy atom. The van der Waals surface area contributed by atoms with Crippen LogP contribution >= 0.6 is 0 Å². The summed E-state index contributed by atoms with van der Waals surface area (Å²) >= 11 is 0. The molecule has 20 heavy (non-hydrogen) atoms. The second-order valence-electron chi connectivity index (χ2n) is 5.82. The standard InChI is InChI=1S/C14H23FN2O2S/c1-11(2)8-14(3,10-16)17-20(18,19)9-12-6-4-5-7-13(12)15/h4-7,11,17H,8-10,16H2,1-3H3/t14-/m0/s1. The first kappa shape index (κ1) is 17.1. The highest BCUT2D eigenvalue weighted by Gasteiger charge is 2.29.